The number of hydrogen-bond donors (Lipinski definition) is 1. The molecular formula is C21H25NO6. The summed E-state index contributed by atoms with van der Waals surface area (Å²) in [7, 11) is 2.81. The number of aryl methyl sites for hydroxylation is 2. The molecule has 150 valence electrons. The van der Waals surface area contributed by atoms with Crippen molar-refractivity contribution in [3.8, 4) is 5.75 Å². The first-order chi connectivity index (χ1) is 13.2. The fourth-order valence-corrected chi connectivity index (χ4v) is 3.10. The number of Topliss-reactive ketones (excluding diaryl/α,β-unsaturated/α-hetero) is 1. The van der Waals surface area contributed by atoms with Gasteiger partial charge in [-0.3, -0.25) is 9.59 Å². The van der Waals surface area contributed by atoms with Crippen LogP contribution in [0.2, 0.25) is 0 Å². The molecule has 7 heteroatoms. The van der Waals surface area contributed by atoms with Gasteiger partial charge in [-0.05, 0) is 39.3 Å². The predicted octanol–water partition coefficient (Wildman–Crippen LogP) is 3.09. The second kappa shape index (κ2) is 8.73. The van der Waals surface area contributed by atoms with Crippen LogP contribution in [0.25, 0.3) is 0 Å². The molecule has 1 aromatic heterocycles. The number of rotatable bonds is 7. The molecule has 0 bridgehead atoms. The molecule has 0 unspecified atom stereocenters. The van der Waals surface area contributed by atoms with Crippen LogP contribution in [-0.4, -0.2) is 43.0 Å². The SMILES string of the molecule is COC(=O)c1c(C)[nH]c(C(=O)[C@H](C)OC(=O)Cc2cc(C)ccc2OC)c1C. The molecule has 0 saturated carbocycles. The molecule has 28 heavy (non-hydrogen) atoms. The van der Waals surface area contributed by atoms with Crippen LogP contribution >= 0.6 is 0 Å². The van der Waals surface area contributed by atoms with Crippen LogP contribution in [0.3, 0.4) is 0 Å². The number of benzene rings is 1. The molecule has 2 rings (SSSR count). The number of carbonyl (C=O) groups excluding carboxylic acids is 3. The van der Waals surface area contributed by atoms with E-state index < -0.39 is 23.8 Å². The van der Waals surface area contributed by atoms with Crippen molar-refractivity contribution in [3.05, 3.63) is 51.8 Å². The normalized spacial score (nSPS) is 11.6. The second-order valence-corrected chi connectivity index (χ2v) is 6.60. The van der Waals surface area contributed by atoms with E-state index in [-0.39, 0.29) is 12.1 Å². The fraction of sp³-hybridized carbons (Fsp3) is 0.381. The molecule has 1 aromatic carbocycles. The van der Waals surface area contributed by atoms with Crippen LogP contribution in [0.4, 0.5) is 0 Å². The minimum absolute atomic E-state index is 0.0153. The van der Waals surface area contributed by atoms with E-state index in [0.29, 0.717) is 28.1 Å². The summed E-state index contributed by atoms with van der Waals surface area (Å²) in [6.45, 7) is 6.74. The van der Waals surface area contributed by atoms with Gasteiger partial charge in [0.15, 0.2) is 6.10 Å². The zero-order valence-corrected chi connectivity index (χ0v) is 17.0. The highest BCUT2D eigenvalue weighted by molar-refractivity contribution is 6.04. The zero-order valence-electron chi connectivity index (χ0n) is 17.0. The maximum Gasteiger partial charge on any atom is 0.339 e. The first-order valence-electron chi connectivity index (χ1n) is 8.84. The van der Waals surface area contributed by atoms with Gasteiger partial charge in [-0.1, -0.05) is 17.7 Å². The quantitative estimate of drug-likeness (QED) is 0.579. The summed E-state index contributed by atoms with van der Waals surface area (Å²) in [6.07, 6.45) is -1.02. The van der Waals surface area contributed by atoms with Gasteiger partial charge in [-0.15, -0.1) is 0 Å². The van der Waals surface area contributed by atoms with E-state index in [2.05, 4.69) is 4.98 Å². The lowest BCUT2D eigenvalue weighted by Crippen LogP contribution is -2.26. The summed E-state index contributed by atoms with van der Waals surface area (Å²) < 4.78 is 15.3. The number of aromatic nitrogens is 1. The van der Waals surface area contributed by atoms with Crippen LogP contribution in [0, 0.1) is 20.8 Å². The number of methoxy groups -OCH3 is 2. The van der Waals surface area contributed by atoms with Crippen molar-refractivity contribution in [2.24, 2.45) is 0 Å². The monoisotopic (exact) mass is 387 g/mol. The number of hydrogen-bond acceptors (Lipinski definition) is 6. The molecule has 1 N–H and O–H groups in total. The number of esters is 2. The van der Waals surface area contributed by atoms with Crippen molar-refractivity contribution in [1.29, 1.82) is 0 Å². The molecule has 2 aromatic rings. The predicted molar refractivity (Wildman–Crippen MR) is 103 cm³/mol. The van der Waals surface area contributed by atoms with Crippen molar-refractivity contribution >= 4 is 17.7 Å². The summed E-state index contributed by atoms with van der Waals surface area (Å²) in [5, 5.41) is 0. The van der Waals surface area contributed by atoms with E-state index in [4.69, 9.17) is 14.2 Å². The molecular weight excluding hydrogens is 362 g/mol. The number of H-pyrrole nitrogens is 1. The lowest BCUT2D eigenvalue weighted by atomic mass is 10.1. The van der Waals surface area contributed by atoms with E-state index in [9.17, 15) is 14.4 Å². The Balaban J connectivity index is 2.14. The molecule has 0 aliphatic rings. The summed E-state index contributed by atoms with van der Waals surface area (Å²) in [6, 6.07) is 5.51. The number of ketones is 1. The number of nitrogens with one attached hydrogen (secondary N) is 1. The number of carbonyl (C=O) groups is 3. The van der Waals surface area contributed by atoms with Gasteiger partial charge >= 0.3 is 11.9 Å². The Kier molecular flexibility index (Phi) is 6.62. The zero-order chi connectivity index (χ0) is 21.0. The number of ether oxygens (including phenoxy) is 3. The van der Waals surface area contributed by atoms with E-state index in [1.54, 1.807) is 19.9 Å². The highest BCUT2D eigenvalue weighted by Crippen LogP contribution is 2.22. The first kappa shape index (κ1) is 21.2. The van der Waals surface area contributed by atoms with Gasteiger partial charge in [0.1, 0.15) is 5.75 Å². The van der Waals surface area contributed by atoms with Crippen LogP contribution in [-0.2, 0) is 20.7 Å². The molecule has 7 nitrogen and oxygen atoms in total. The summed E-state index contributed by atoms with van der Waals surface area (Å²) in [5.74, 6) is -0.902. The van der Waals surface area contributed by atoms with Gasteiger partial charge in [0.05, 0.1) is 31.9 Å². The second-order valence-electron chi connectivity index (χ2n) is 6.60. The highest BCUT2D eigenvalue weighted by atomic mass is 16.5. The van der Waals surface area contributed by atoms with Gasteiger partial charge in [0.2, 0.25) is 5.78 Å². The lowest BCUT2D eigenvalue weighted by Gasteiger charge is -2.14. The van der Waals surface area contributed by atoms with E-state index >= 15 is 0 Å². The molecule has 0 radical (unpaired) electrons. The van der Waals surface area contributed by atoms with Crippen LogP contribution in [0.1, 0.15) is 50.2 Å². The average Bonchev–Trinajstić information content (AvgIpc) is 2.94. The van der Waals surface area contributed by atoms with Crippen molar-refractivity contribution in [2.45, 2.75) is 40.2 Å². The molecule has 0 aliphatic heterocycles. The van der Waals surface area contributed by atoms with Gasteiger partial charge in [0.25, 0.3) is 0 Å². The Bertz CT molecular complexity index is 912. The molecule has 1 atom stereocenters. The summed E-state index contributed by atoms with van der Waals surface area (Å²) in [4.78, 5) is 39.8. The molecule has 0 aliphatic carbocycles. The van der Waals surface area contributed by atoms with Gasteiger partial charge in [-0.2, -0.15) is 0 Å². The average molecular weight is 387 g/mol. The van der Waals surface area contributed by atoms with Crippen LogP contribution in [0.5, 0.6) is 5.75 Å². The van der Waals surface area contributed by atoms with Crippen molar-refractivity contribution in [1.82, 2.24) is 4.98 Å². The molecule has 0 fully saturated rings. The maximum absolute atomic E-state index is 12.7. The topological polar surface area (TPSA) is 94.7 Å². The van der Waals surface area contributed by atoms with Crippen molar-refractivity contribution in [3.63, 3.8) is 0 Å². The Morgan fingerprint density at radius 2 is 1.79 bits per heavy atom. The minimum Gasteiger partial charge on any atom is -0.496 e. The molecule has 0 amide bonds. The summed E-state index contributed by atoms with van der Waals surface area (Å²) in [5.41, 5.74) is 3.21. The summed E-state index contributed by atoms with van der Waals surface area (Å²) >= 11 is 0. The smallest absolute Gasteiger partial charge is 0.339 e. The van der Waals surface area contributed by atoms with Crippen LogP contribution in [0.15, 0.2) is 18.2 Å². The Hall–Kier alpha value is -3.09. The van der Waals surface area contributed by atoms with Crippen LogP contribution < -0.4 is 4.74 Å². The highest BCUT2D eigenvalue weighted by Gasteiger charge is 2.27. The Labute approximate surface area is 164 Å². The number of aromatic amines is 1. The largest absolute Gasteiger partial charge is 0.496 e. The standard InChI is InChI=1S/C21H25NO6/c1-11-7-8-16(26-5)15(9-11)10-17(23)28-14(4)20(24)19-12(2)18(13(3)22-19)21(25)27-6/h7-9,14,22H,10H2,1-6H3/t14-/m0/s1. The van der Waals surface area contributed by atoms with E-state index in [0.717, 1.165) is 5.56 Å². The van der Waals surface area contributed by atoms with Gasteiger partial charge < -0.3 is 19.2 Å². The molecule has 0 spiro atoms. The fourth-order valence-electron chi connectivity index (χ4n) is 3.10. The van der Waals surface area contributed by atoms with Gasteiger partial charge in [-0.25, -0.2) is 4.79 Å². The van der Waals surface area contributed by atoms with Gasteiger partial charge in [0, 0.05) is 11.3 Å². The van der Waals surface area contributed by atoms with Crippen molar-refractivity contribution in [2.75, 3.05) is 14.2 Å². The Morgan fingerprint density at radius 1 is 1.11 bits per heavy atom. The molecule has 1 heterocycles. The third kappa shape index (κ3) is 4.42. The van der Waals surface area contributed by atoms with Crippen molar-refractivity contribution < 1.29 is 28.6 Å². The maximum atomic E-state index is 12.7. The third-order valence-electron chi connectivity index (χ3n) is 4.52. The third-order valence-corrected chi connectivity index (χ3v) is 4.52. The lowest BCUT2D eigenvalue weighted by molar-refractivity contribution is -0.145. The first-order valence-corrected chi connectivity index (χ1v) is 8.84. The minimum atomic E-state index is -1.01. The molecule has 0 saturated heterocycles. The Morgan fingerprint density at radius 3 is 2.39 bits per heavy atom. The van der Waals surface area contributed by atoms with E-state index in [1.807, 2.05) is 19.1 Å². The van der Waals surface area contributed by atoms with E-state index in [1.165, 1.54) is 21.1 Å².